The first-order chi connectivity index (χ1) is 11.9. The minimum absolute atomic E-state index is 0.132. The molecular formula is C19H20BrN3O2. The van der Waals surface area contributed by atoms with Crippen LogP contribution in [0.1, 0.15) is 28.8 Å². The number of carbonyl (C=O) groups excluding carboxylic acids is 2. The van der Waals surface area contributed by atoms with E-state index in [2.05, 4.69) is 26.6 Å². The van der Waals surface area contributed by atoms with Crippen molar-refractivity contribution < 1.29 is 9.59 Å². The van der Waals surface area contributed by atoms with Gasteiger partial charge in [0.25, 0.3) is 5.91 Å². The zero-order valence-corrected chi connectivity index (χ0v) is 15.8. The summed E-state index contributed by atoms with van der Waals surface area (Å²) in [5.74, 6) is -0.132. The van der Waals surface area contributed by atoms with E-state index in [9.17, 15) is 9.59 Å². The van der Waals surface area contributed by atoms with Crippen LogP contribution < -0.4 is 15.5 Å². The Balaban J connectivity index is 1.73. The smallest absolute Gasteiger partial charge is 0.319 e. The zero-order valence-electron chi connectivity index (χ0n) is 14.2. The topological polar surface area (TPSA) is 61.4 Å². The summed E-state index contributed by atoms with van der Waals surface area (Å²) in [5.41, 5.74) is 3.00. The normalized spacial score (nSPS) is 13.2. The van der Waals surface area contributed by atoms with E-state index in [1.807, 2.05) is 25.1 Å². The highest BCUT2D eigenvalue weighted by Crippen LogP contribution is 2.24. The van der Waals surface area contributed by atoms with E-state index in [0.29, 0.717) is 11.3 Å². The monoisotopic (exact) mass is 401 g/mol. The SMILES string of the molecule is Cc1cc(N(C)C(=O)c2cccc(NC(=O)NC3CC3)c2)ccc1Br. The van der Waals surface area contributed by atoms with Crippen molar-refractivity contribution >= 4 is 39.2 Å². The minimum atomic E-state index is -0.232. The highest BCUT2D eigenvalue weighted by atomic mass is 79.9. The Morgan fingerprint density at radius 3 is 2.60 bits per heavy atom. The molecule has 25 heavy (non-hydrogen) atoms. The predicted octanol–water partition coefficient (Wildman–Crippen LogP) is 4.32. The van der Waals surface area contributed by atoms with Crippen LogP contribution in [0.4, 0.5) is 16.2 Å². The van der Waals surface area contributed by atoms with Crippen LogP contribution in [0.2, 0.25) is 0 Å². The molecule has 0 saturated heterocycles. The van der Waals surface area contributed by atoms with Crippen molar-refractivity contribution in [3.05, 3.63) is 58.1 Å². The molecule has 0 heterocycles. The molecule has 0 aliphatic heterocycles. The third-order valence-corrected chi connectivity index (χ3v) is 5.00. The van der Waals surface area contributed by atoms with Gasteiger partial charge in [-0.2, -0.15) is 0 Å². The first-order valence-corrected chi connectivity index (χ1v) is 8.95. The highest BCUT2D eigenvalue weighted by Gasteiger charge is 2.23. The van der Waals surface area contributed by atoms with Crippen LogP contribution in [-0.4, -0.2) is 25.0 Å². The van der Waals surface area contributed by atoms with E-state index in [1.165, 1.54) is 0 Å². The molecule has 6 heteroatoms. The summed E-state index contributed by atoms with van der Waals surface area (Å²) in [5, 5.41) is 5.64. The maximum Gasteiger partial charge on any atom is 0.319 e. The fourth-order valence-corrected chi connectivity index (χ4v) is 2.71. The van der Waals surface area contributed by atoms with Gasteiger partial charge in [0.15, 0.2) is 0 Å². The molecule has 2 aromatic rings. The molecular weight excluding hydrogens is 382 g/mol. The Morgan fingerprint density at radius 2 is 1.92 bits per heavy atom. The number of rotatable bonds is 4. The molecule has 2 aromatic carbocycles. The lowest BCUT2D eigenvalue weighted by molar-refractivity contribution is 0.0993. The molecule has 0 bridgehead atoms. The van der Waals surface area contributed by atoms with Gasteiger partial charge >= 0.3 is 6.03 Å². The van der Waals surface area contributed by atoms with E-state index in [4.69, 9.17) is 0 Å². The van der Waals surface area contributed by atoms with Gasteiger partial charge in [0.1, 0.15) is 0 Å². The molecule has 1 fully saturated rings. The second-order valence-electron chi connectivity index (χ2n) is 6.25. The number of aryl methyl sites for hydroxylation is 1. The number of nitrogens with zero attached hydrogens (tertiary/aromatic N) is 1. The highest BCUT2D eigenvalue weighted by molar-refractivity contribution is 9.10. The van der Waals surface area contributed by atoms with Crippen LogP contribution in [0.15, 0.2) is 46.9 Å². The predicted molar refractivity (Wildman–Crippen MR) is 103 cm³/mol. The standard InChI is InChI=1S/C19H20BrN3O2/c1-12-10-16(8-9-17(12)20)23(2)18(24)13-4-3-5-15(11-13)22-19(25)21-14-6-7-14/h3-5,8-11,14H,6-7H2,1-2H3,(H2,21,22,25). The molecule has 5 nitrogen and oxygen atoms in total. The van der Waals surface area contributed by atoms with Crippen molar-refractivity contribution in [2.75, 3.05) is 17.3 Å². The van der Waals surface area contributed by atoms with Gasteiger partial charge < -0.3 is 15.5 Å². The van der Waals surface area contributed by atoms with E-state index in [1.54, 1.807) is 36.2 Å². The van der Waals surface area contributed by atoms with E-state index in [-0.39, 0.29) is 18.0 Å². The van der Waals surface area contributed by atoms with Crippen LogP contribution in [-0.2, 0) is 0 Å². The maximum absolute atomic E-state index is 12.8. The summed E-state index contributed by atoms with van der Waals surface area (Å²) in [6.45, 7) is 1.98. The number of benzene rings is 2. The molecule has 0 spiro atoms. The van der Waals surface area contributed by atoms with E-state index < -0.39 is 0 Å². The van der Waals surface area contributed by atoms with Gasteiger partial charge in [0.05, 0.1) is 0 Å². The minimum Gasteiger partial charge on any atom is -0.335 e. The number of amides is 3. The third-order valence-electron chi connectivity index (χ3n) is 4.11. The quantitative estimate of drug-likeness (QED) is 0.800. The molecule has 0 aromatic heterocycles. The zero-order chi connectivity index (χ0) is 18.0. The fraction of sp³-hybridized carbons (Fsp3) is 0.263. The van der Waals surface area contributed by atoms with Crippen LogP contribution in [0.3, 0.4) is 0 Å². The summed E-state index contributed by atoms with van der Waals surface area (Å²) in [4.78, 5) is 26.2. The first kappa shape index (κ1) is 17.5. The average Bonchev–Trinajstić information content (AvgIpc) is 3.40. The van der Waals surface area contributed by atoms with Crippen molar-refractivity contribution in [1.82, 2.24) is 5.32 Å². The maximum atomic E-state index is 12.8. The molecule has 0 unspecified atom stereocenters. The lowest BCUT2D eigenvalue weighted by atomic mass is 10.1. The Bertz CT molecular complexity index is 818. The number of hydrogen-bond acceptors (Lipinski definition) is 2. The third kappa shape index (κ3) is 4.39. The van der Waals surface area contributed by atoms with Crippen molar-refractivity contribution in [3.8, 4) is 0 Å². The number of hydrogen-bond donors (Lipinski definition) is 2. The number of urea groups is 1. The summed E-state index contributed by atoms with van der Waals surface area (Å²) in [6.07, 6.45) is 2.06. The van der Waals surface area contributed by atoms with Crippen LogP contribution in [0, 0.1) is 6.92 Å². The van der Waals surface area contributed by atoms with Gasteiger partial charge in [-0.1, -0.05) is 22.0 Å². The number of halogens is 1. The largest absolute Gasteiger partial charge is 0.335 e. The fourth-order valence-electron chi connectivity index (χ4n) is 2.46. The molecule has 0 atom stereocenters. The van der Waals surface area contributed by atoms with Gasteiger partial charge in [-0.3, -0.25) is 4.79 Å². The van der Waals surface area contributed by atoms with Crippen molar-refractivity contribution in [2.45, 2.75) is 25.8 Å². The molecule has 1 saturated carbocycles. The first-order valence-electron chi connectivity index (χ1n) is 8.16. The van der Waals surface area contributed by atoms with Crippen LogP contribution >= 0.6 is 15.9 Å². The molecule has 0 radical (unpaired) electrons. The van der Waals surface area contributed by atoms with E-state index in [0.717, 1.165) is 28.6 Å². The van der Waals surface area contributed by atoms with Crippen molar-refractivity contribution in [2.24, 2.45) is 0 Å². The molecule has 3 rings (SSSR count). The number of nitrogens with one attached hydrogen (secondary N) is 2. The second kappa shape index (κ2) is 7.27. The molecule has 1 aliphatic carbocycles. The van der Waals surface area contributed by atoms with E-state index >= 15 is 0 Å². The summed E-state index contributed by atoms with van der Waals surface area (Å²) >= 11 is 3.46. The lowest BCUT2D eigenvalue weighted by Gasteiger charge is -2.19. The summed E-state index contributed by atoms with van der Waals surface area (Å²) in [7, 11) is 1.74. The average molecular weight is 402 g/mol. The van der Waals surface area contributed by atoms with Gasteiger partial charge in [-0.25, -0.2) is 4.79 Å². The van der Waals surface area contributed by atoms with Gasteiger partial charge in [-0.05, 0) is 61.7 Å². The van der Waals surface area contributed by atoms with Gasteiger partial charge in [0.2, 0.25) is 0 Å². The van der Waals surface area contributed by atoms with Crippen LogP contribution in [0.25, 0.3) is 0 Å². The Labute approximate surface area is 155 Å². The van der Waals surface area contributed by atoms with Crippen LogP contribution in [0.5, 0.6) is 0 Å². The van der Waals surface area contributed by atoms with Crippen molar-refractivity contribution in [1.29, 1.82) is 0 Å². The van der Waals surface area contributed by atoms with Gasteiger partial charge in [0, 0.05) is 34.5 Å². The second-order valence-corrected chi connectivity index (χ2v) is 7.11. The Kier molecular flexibility index (Phi) is 5.08. The Hall–Kier alpha value is -2.34. The number of carbonyl (C=O) groups is 2. The molecule has 1 aliphatic rings. The van der Waals surface area contributed by atoms with Gasteiger partial charge in [-0.15, -0.1) is 0 Å². The molecule has 130 valence electrons. The summed E-state index contributed by atoms with van der Waals surface area (Å²) < 4.78 is 1.00. The molecule has 2 N–H and O–H groups in total. The van der Waals surface area contributed by atoms with Crippen molar-refractivity contribution in [3.63, 3.8) is 0 Å². The molecule has 3 amide bonds. The number of anilines is 2. The Morgan fingerprint density at radius 1 is 1.16 bits per heavy atom. The lowest BCUT2D eigenvalue weighted by Crippen LogP contribution is -2.30. The summed E-state index contributed by atoms with van der Waals surface area (Å²) in [6, 6.07) is 12.8.